The van der Waals surface area contributed by atoms with Gasteiger partial charge in [0.05, 0.1) is 18.9 Å². The van der Waals surface area contributed by atoms with Gasteiger partial charge in [0, 0.05) is 12.7 Å². The zero-order chi connectivity index (χ0) is 21.4. The van der Waals surface area contributed by atoms with Crippen LogP contribution in [0.1, 0.15) is 12.5 Å². The molecular formula is C22H27F2NO2SSi. The van der Waals surface area contributed by atoms with E-state index in [0.29, 0.717) is 5.57 Å². The highest BCUT2D eigenvalue weighted by molar-refractivity contribution is 7.89. The second kappa shape index (κ2) is 8.03. The lowest BCUT2D eigenvalue weighted by Crippen LogP contribution is -2.46. The quantitative estimate of drug-likeness (QED) is 0.613. The molecule has 3 rings (SSSR count). The number of aryl methyl sites for hydroxylation is 1. The Kier molecular flexibility index (Phi) is 6.01. The summed E-state index contributed by atoms with van der Waals surface area (Å²) in [7, 11) is -5.99. The molecule has 2 aromatic carbocycles. The van der Waals surface area contributed by atoms with E-state index in [9.17, 15) is 17.2 Å². The first kappa shape index (κ1) is 21.7. The summed E-state index contributed by atoms with van der Waals surface area (Å²) in [6.07, 6.45) is -1.14. The molecule has 7 heteroatoms. The third-order valence-electron chi connectivity index (χ3n) is 6.13. The molecular weight excluding hydrogens is 408 g/mol. The second-order valence-electron chi connectivity index (χ2n) is 8.27. The summed E-state index contributed by atoms with van der Waals surface area (Å²) in [4.78, 5) is 0.126. The summed E-state index contributed by atoms with van der Waals surface area (Å²) in [6, 6.07) is 16.4. The van der Waals surface area contributed by atoms with E-state index in [1.165, 1.54) is 23.5 Å². The number of alkyl halides is 2. The molecule has 29 heavy (non-hydrogen) atoms. The Bertz CT molecular complexity index is 989. The van der Waals surface area contributed by atoms with Crippen LogP contribution in [0.15, 0.2) is 71.3 Å². The predicted octanol–water partition coefficient (Wildman–Crippen LogP) is 4.77. The summed E-state index contributed by atoms with van der Waals surface area (Å²) in [5, 5.41) is 1.17. The van der Waals surface area contributed by atoms with Crippen LogP contribution in [0.5, 0.6) is 0 Å². The third-order valence-corrected chi connectivity index (χ3v) is 12.2. The Morgan fingerprint density at radius 2 is 1.62 bits per heavy atom. The fourth-order valence-corrected chi connectivity index (χ4v) is 7.86. The fraction of sp³-hybridized carbons (Fsp3) is 0.364. The monoisotopic (exact) mass is 435 g/mol. The summed E-state index contributed by atoms with van der Waals surface area (Å²) < 4.78 is 55.0. The minimum absolute atomic E-state index is 0.123. The van der Waals surface area contributed by atoms with Gasteiger partial charge in [0.2, 0.25) is 6.43 Å². The Labute approximate surface area is 173 Å². The van der Waals surface area contributed by atoms with Crippen LogP contribution in [0.25, 0.3) is 0 Å². The Morgan fingerprint density at radius 3 is 2.17 bits per heavy atom. The standard InChI is InChI=1S/C22H27F2NO2SSi/c1-16-10-12-18(13-11-16)28(26,27)25-14-20(21(15-25)22(23)24)17(2)29(3,4)19-8-6-5-7-9-19/h5-14,17,21-22H,15H2,1-4H3. The molecule has 0 fully saturated rings. The topological polar surface area (TPSA) is 37.4 Å². The Hall–Kier alpha value is -1.99. The molecule has 3 nitrogen and oxygen atoms in total. The van der Waals surface area contributed by atoms with Crippen molar-refractivity contribution in [3.8, 4) is 0 Å². The highest BCUT2D eigenvalue weighted by Gasteiger charge is 2.43. The zero-order valence-electron chi connectivity index (χ0n) is 17.1. The highest BCUT2D eigenvalue weighted by Crippen LogP contribution is 2.41. The van der Waals surface area contributed by atoms with Crippen LogP contribution in [0, 0.1) is 12.8 Å². The smallest absolute Gasteiger partial charge is 0.263 e. The Balaban J connectivity index is 1.99. The molecule has 0 bridgehead atoms. The van der Waals surface area contributed by atoms with Crippen LogP contribution in [-0.2, 0) is 10.0 Å². The minimum atomic E-state index is -3.86. The molecule has 0 aromatic heterocycles. The molecule has 2 unspecified atom stereocenters. The van der Waals surface area contributed by atoms with Crippen molar-refractivity contribution >= 4 is 23.3 Å². The summed E-state index contributed by atoms with van der Waals surface area (Å²) in [5.41, 5.74) is 1.36. The number of halogens is 2. The van der Waals surface area contributed by atoms with Crippen molar-refractivity contribution in [2.45, 2.75) is 43.8 Å². The zero-order valence-corrected chi connectivity index (χ0v) is 19.0. The van der Waals surface area contributed by atoms with Gasteiger partial charge in [-0.1, -0.05) is 73.2 Å². The predicted molar refractivity (Wildman–Crippen MR) is 116 cm³/mol. The third kappa shape index (κ3) is 4.16. The summed E-state index contributed by atoms with van der Waals surface area (Å²) in [5.74, 6) is -1.08. The largest absolute Gasteiger partial charge is 0.273 e. The van der Waals surface area contributed by atoms with Crippen LogP contribution in [-0.4, -0.2) is 33.8 Å². The van der Waals surface area contributed by atoms with Gasteiger partial charge in [-0.3, -0.25) is 4.31 Å². The minimum Gasteiger partial charge on any atom is -0.273 e. The van der Waals surface area contributed by atoms with E-state index in [1.807, 2.05) is 44.2 Å². The average molecular weight is 436 g/mol. The van der Waals surface area contributed by atoms with Crippen molar-refractivity contribution in [3.05, 3.63) is 71.9 Å². The number of hydrogen-bond donors (Lipinski definition) is 0. The highest BCUT2D eigenvalue weighted by atomic mass is 32.2. The maximum Gasteiger partial charge on any atom is 0.263 e. The van der Waals surface area contributed by atoms with Crippen molar-refractivity contribution < 1.29 is 17.2 Å². The normalized spacial score (nSPS) is 18.8. The van der Waals surface area contributed by atoms with E-state index in [0.717, 1.165) is 9.87 Å². The molecule has 1 aliphatic rings. The van der Waals surface area contributed by atoms with E-state index in [4.69, 9.17) is 0 Å². The van der Waals surface area contributed by atoms with Gasteiger partial charge >= 0.3 is 0 Å². The molecule has 2 aromatic rings. The van der Waals surface area contributed by atoms with Gasteiger partial charge in [-0.2, -0.15) is 0 Å². The van der Waals surface area contributed by atoms with E-state index in [2.05, 4.69) is 13.1 Å². The van der Waals surface area contributed by atoms with Crippen LogP contribution < -0.4 is 5.19 Å². The molecule has 1 aliphatic heterocycles. The van der Waals surface area contributed by atoms with Crippen molar-refractivity contribution in [2.24, 2.45) is 5.92 Å². The molecule has 1 heterocycles. The number of hydrogen-bond acceptors (Lipinski definition) is 2. The van der Waals surface area contributed by atoms with E-state index >= 15 is 0 Å². The van der Waals surface area contributed by atoms with Crippen molar-refractivity contribution in [3.63, 3.8) is 0 Å². The maximum atomic E-state index is 13.9. The fourth-order valence-electron chi connectivity index (χ4n) is 3.82. The van der Waals surface area contributed by atoms with E-state index in [-0.39, 0.29) is 17.0 Å². The van der Waals surface area contributed by atoms with Gasteiger partial charge in [0.1, 0.15) is 0 Å². The van der Waals surface area contributed by atoms with Gasteiger partial charge in [0.25, 0.3) is 10.0 Å². The van der Waals surface area contributed by atoms with Gasteiger partial charge in [-0.15, -0.1) is 0 Å². The second-order valence-corrected chi connectivity index (χ2v) is 15.0. The number of nitrogens with zero attached hydrogens (tertiary/aromatic N) is 1. The van der Waals surface area contributed by atoms with Crippen molar-refractivity contribution in [2.75, 3.05) is 6.54 Å². The molecule has 0 spiro atoms. The lowest BCUT2D eigenvalue weighted by Gasteiger charge is -2.33. The number of sulfonamides is 1. The SMILES string of the molecule is Cc1ccc(S(=O)(=O)N2C=C(C(C)[Si](C)(C)c3ccccc3)C(C(F)F)C2)cc1. The van der Waals surface area contributed by atoms with Crippen LogP contribution in [0.3, 0.4) is 0 Å². The summed E-state index contributed by atoms with van der Waals surface area (Å²) in [6.45, 7) is 7.91. The summed E-state index contributed by atoms with van der Waals surface area (Å²) >= 11 is 0. The molecule has 0 N–H and O–H groups in total. The first-order valence-electron chi connectivity index (χ1n) is 9.69. The maximum absolute atomic E-state index is 13.9. The first-order valence-corrected chi connectivity index (χ1v) is 14.2. The molecule has 0 saturated heterocycles. The van der Waals surface area contributed by atoms with Gasteiger partial charge < -0.3 is 0 Å². The average Bonchev–Trinajstić information content (AvgIpc) is 3.15. The Morgan fingerprint density at radius 1 is 1.03 bits per heavy atom. The van der Waals surface area contributed by atoms with Gasteiger partial charge in [0.15, 0.2) is 0 Å². The van der Waals surface area contributed by atoms with Crippen LogP contribution >= 0.6 is 0 Å². The number of benzene rings is 2. The molecule has 2 atom stereocenters. The lowest BCUT2D eigenvalue weighted by atomic mass is 10.0. The number of rotatable bonds is 6. The molecule has 0 amide bonds. The van der Waals surface area contributed by atoms with Gasteiger partial charge in [-0.25, -0.2) is 17.2 Å². The molecule has 0 saturated carbocycles. The first-order chi connectivity index (χ1) is 13.5. The van der Waals surface area contributed by atoms with Crippen molar-refractivity contribution in [1.29, 1.82) is 0 Å². The lowest BCUT2D eigenvalue weighted by molar-refractivity contribution is 0.0944. The molecule has 156 valence electrons. The van der Waals surface area contributed by atoms with E-state index < -0.39 is 30.4 Å². The molecule has 0 aliphatic carbocycles. The van der Waals surface area contributed by atoms with Crippen LogP contribution in [0.4, 0.5) is 8.78 Å². The van der Waals surface area contributed by atoms with E-state index in [1.54, 1.807) is 12.1 Å². The van der Waals surface area contributed by atoms with Crippen LogP contribution in [0.2, 0.25) is 18.6 Å². The molecule has 0 radical (unpaired) electrons. The van der Waals surface area contributed by atoms with Gasteiger partial charge in [-0.05, 0) is 30.2 Å². The van der Waals surface area contributed by atoms with Crippen molar-refractivity contribution in [1.82, 2.24) is 4.31 Å².